The number of nitrogens with zero attached hydrogens (tertiary/aromatic N) is 4. The number of carbonyl (C=O) groups is 2. The highest BCUT2D eigenvalue weighted by molar-refractivity contribution is 6.30. The zero-order chi connectivity index (χ0) is 19.4. The van der Waals surface area contributed by atoms with E-state index in [1.165, 1.54) is 0 Å². The van der Waals surface area contributed by atoms with Crippen LogP contribution in [0.3, 0.4) is 0 Å². The second-order valence-electron chi connectivity index (χ2n) is 7.60. The van der Waals surface area contributed by atoms with Crippen LogP contribution >= 0.6 is 11.6 Å². The zero-order valence-corrected chi connectivity index (χ0v) is 16.8. The van der Waals surface area contributed by atoms with Gasteiger partial charge in [0.05, 0.1) is 17.5 Å². The minimum atomic E-state index is -0.357. The summed E-state index contributed by atoms with van der Waals surface area (Å²) in [4.78, 5) is 35.6. The lowest BCUT2D eigenvalue weighted by Gasteiger charge is -2.39. The number of hydrogen-bond acceptors (Lipinski definition) is 5. The molecule has 2 amide bonds. The fourth-order valence-corrected chi connectivity index (χ4v) is 3.82. The van der Waals surface area contributed by atoms with Crippen LogP contribution in [-0.2, 0) is 9.59 Å². The summed E-state index contributed by atoms with van der Waals surface area (Å²) < 4.78 is 0. The number of aromatic nitrogens is 1. The van der Waals surface area contributed by atoms with E-state index in [0.717, 1.165) is 32.0 Å². The molecule has 1 aromatic rings. The van der Waals surface area contributed by atoms with Crippen molar-refractivity contribution in [1.29, 1.82) is 0 Å². The van der Waals surface area contributed by atoms with Gasteiger partial charge in [-0.05, 0) is 18.1 Å². The number of pyridine rings is 1. The van der Waals surface area contributed by atoms with E-state index in [2.05, 4.69) is 33.9 Å². The van der Waals surface area contributed by atoms with Crippen LogP contribution in [0.4, 0.5) is 5.82 Å². The van der Waals surface area contributed by atoms with Crippen LogP contribution in [0.2, 0.25) is 5.02 Å². The first-order valence-corrected chi connectivity index (χ1v) is 9.98. The van der Waals surface area contributed by atoms with Gasteiger partial charge in [-0.2, -0.15) is 0 Å². The molecule has 8 heteroatoms. The number of anilines is 1. The molecule has 2 aliphatic rings. The van der Waals surface area contributed by atoms with Gasteiger partial charge in [-0.15, -0.1) is 0 Å². The van der Waals surface area contributed by atoms with Crippen LogP contribution in [0.1, 0.15) is 20.3 Å². The van der Waals surface area contributed by atoms with Crippen LogP contribution in [-0.4, -0.2) is 78.5 Å². The molecule has 0 aromatic carbocycles. The molecule has 0 saturated carbocycles. The van der Waals surface area contributed by atoms with Gasteiger partial charge in [0.25, 0.3) is 0 Å². The van der Waals surface area contributed by atoms with Gasteiger partial charge >= 0.3 is 0 Å². The number of amides is 2. The predicted octanol–water partition coefficient (Wildman–Crippen LogP) is 1.23. The molecular weight excluding hydrogens is 366 g/mol. The molecule has 0 spiro atoms. The monoisotopic (exact) mass is 393 g/mol. The molecule has 7 nitrogen and oxygen atoms in total. The first-order valence-electron chi connectivity index (χ1n) is 9.60. The van der Waals surface area contributed by atoms with E-state index in [4.69, 9.17) is 11.6 Å². The molecule has 0 bridgehead atoms. The topological polar surface area (TPSA) is 68.8 Å². The van der Waals surface area contributed by atoms with Crippen molar-refractivity contribution in [2.45, 2.75) is 26.3 Å². The lowest BCUT2D eigenvalue weighted by atomic mass is 10.0. The Kier molecular flexibility index (Phi) is 6.55. The van der Waals surface area contributed by atoms with Gasteiger partial charge in [-0.25, -0.2) is 4.98 Å². The molecule has 2 aliphatic heterocycles. The highest BCUT2D eigenvalue weighted by Crippen LogP contribution is 2.18. The van der Waals surface area contributed by atoms with E-state index in [1.54, 1.807) is 6.20 Å². The Morgan fingerprint density at radius 3 is 2.63 bits per heavy atom. The Morgan fingerprint density at radius 1 is 1.26 bits per heavy atom. The number of piperazine rings is 2. The Hall–Kier alpha value is -1.86. The van der Waals surface area contributed by atoms with E-state index in [-0.39, 0.29) is 24.3 Å². The molecule has 27 heavy (non-hydrogen) atoms. The zero-order valence-electron chi connectivity index (χ0n) is 16.0. The second-order valence-corrected chi connectivity index (χ2v) is 8.04. The predicted molar refractivity (Wildman–Crippen MR) is 106 cm³/mol. The van der Waals surface area contributed by atoms with Crippen molar-refractivity contribution in [1.82, 2.24) is 20.1 Å². The quantitative estimate of drug-likeness (QED) is 0.814. The van der Waals surface area contributed by atoms with Crippen molar-refractivity contribution in [3.63, 3.8) is 0 Å². The van der Waals surface area contributed by atoms with Gasteiger partial charge in [0, 0.05) is 52.0 Å². The molecule has 2 fully saturated rings. The minimum absolute atomic E-state index is 0.0285. The molecule has 1 N–H and O–H groups in total. The van der Waals surface area contributed by atoms with Crippen molar-refractivity contribution in [2.24, 2.45) is 5.92 Å². The summed E-state index contributed by atoms with van der Waals surface area (Å²) in [7, 11) is 0. The second kappa shape index (κ2) is 8.89. The number of halogens is 1. The summed E-state index contributed by atoms with van der Waals surface area (Å²) in [5.74, 6) is 1.36. The van der Waals surface area contributed by atoms with E-state index in [1.807, 2.05) is 17.0 Å². The van der Waals surface area contributed by atoms with Gasteiger partial charge in [-0.3, -0.25) is 14.5 Å². The molecule has 3 heterocycles. The smallest absolute Gasteiger partial charge is 0.237 e. The van der Waals surface area contributed by atoms with Gasteiger partial charge in [-0.1, -0.05) is 25.4 Å². The summed E-state index contributed by atoms with van der Waals surface area (Å²) in [6.45, 7) is 9.30. The van der Waals surface area contributed by atoms with Crippen LogP contribution in [0.5, 0.6) is 0 Å². The summed E-state index contributed by atoms with van der Waals surface area (Å²) in [5, 5.41) is 3.51. The highest BCUT2D eigenvalue weighted by Gasteiger charge is 2.33. The highest BCUT2D eigenvalue weighted by atomic mass is 35.5. The molecule has 1 aromatic heterocycles. The summed E-state index contributed by atoms with van der Waals surface area (Å²) in [6.07, 6.45) is 1.89. The molecule has 0 unspecified atom stereocenters. The lowest BCUT2D eigenvalue weighted by molar-refractivity contribution is -0.139. The fraction of sp³-hybridized carbons (Fsp3) is 0.632. The summed E-state index contributed by atoms with van der Waals surface area (Å²) >= 11 is 5.89. The first kappa shape index (κ1) is 19.9. The normalized spacial score (nSPS) is 21.5. The first-order chi connectivity index (χ1) is 12.9. The maximum Gasteiger partial charge on any atom is 0.237 e. The molecule has 0 aliphatic carbocycles. The third-order valence-electron chi connectivity index (χ3n) is 5.08. The minimum Gasteiger partial charge on any atom is -0.353 e. The lowest BCUT2D eigenvalue weighted by Crippen LogP contribution is -2.58. The van der Waals surface area contributed by atoms with Crippen molar-refractivity contribution in [3.8, 4) is 0 Å². The third kappa shape index (κ3) is 5.11. The van der Waals surface area contributed by atoms with Crippen molar-refractivity contribution < 1.29 is 9.59 Å². The fourth-order valence-electron chi connectivity index (χ4n) is 3.71. The molecular formula is C19H28ClN5O2. The van der Waals surface area contributed by atoms with Gasteiger partial charge < -0.3 is 15.1 Å². The van der Waals surface area contributed by atoms with Crippen LogP contribution in [0.15, 0.2) is 18.3 Å². The van der Waals surface area contributed by atoms with Crippen molar-refractivity contribution >= 4 is 29.2 Å². The Bertz CT molecular complexity index is 659. The summed E-state index contributed by atoms with van der Waals surface area (Å²) in [6, 6.07) is 3.37. The van der Waals surface area contributed by atoms with Gasteiger partial charge in [0.1, 0.15) is 5.82 Å². The standard InChI is InChI=1S/C19H28ClN5O2/c1-14(2)13-25-6-5-21-19(27)16(25)11-18(26)24-9-7-23(8-10-24)17-4-3-15(20)12-22-17/h3-4,12,14,16H,5-11,13H2,1-2H3,(H,21,27)/t16-/m0/s1. The molecule has 3 rings (SSSR count). The molecule has 0 radical (unpaired) electrons. The van der Waals surface area contributed by atoms with Crippen molar-refractivity contribution in [3.05, 3.63) is 23.4 Å². The average Bonchev–Trinajstić information content (AvgIpc) is 2.65. The number of rotatable bonds is 5. The number of nitrogens with one attached hydrogen (secondary N) is 1. The van der Waals surface area contributed by atoms with E-state index in [0.29, 0.717) is 30.6 Å². The van der Waals surface area contributed by atoms with E-state index < -0.39 is 0 Å². The number of carbonyl (C=O) groups excluding carboxylic acids is 2. The molecule has 2 saturated heterocycles. The van der Waals surface area contributed by atoms with Crippen LogP contribution < -0.4 is 10.2 Å². The molecule has 148 valence electrons. The Labute approximate surface area is 165 Å². The average molecular weight is 394 g/mol. The Morgan fingerprint density at radius 2 is 2.00 bits per heavy atom. The third-order valence-corrected chi connectivity index (χ3v) is 5.30. The maximum atomic E-state index is 12.8. The van der Waals surface area contributed by atoms with E-state index >= 15 is 0 Å². The molecule has 1 atom stereocenters. The van der Waals surface area contributed by atoms with Gasteiger partial charge in [0.2, 0.25) is 11.8 Å². The van der Waals surface area contributed by atoms with Crippen LogP contribution in [0.25, 0.3) is 0 Å². The van der Waals surface area contributed by atoms with Gasteiger partial charge in [0.15, 0.2) is 0 Å². The van der Waals surface area contributed by atoms with Crippen molar-refractivity contribution in [2.75, 3.05) is 50.7 Å². The van der Waals surface area contributed by atoms with Crippen LogP contribution in [0, 0.1) is 5.92 Å². The summed E-state index contributed by atoms with van der Waals surface area (Å²) in [5.41, 5.74) is 0. The van der Waals surface area contributed by atoms with E-state index in [9.17, 15) is 9.59 Å². The largest absolute Gasteiger partial charge is 0.353 e. The number of hydrogen-bond donors (Lipinski definition) is 1. The maximum absolute atomic E-state index is 12.8. The Balaban J connectivity index is 1.55. The SMILES string of the molecule is CC(C)CN1CCNC(=O)[C@@H]1CC(=O)N1CCN(c2ccc(Cl)cn2)CC1.